The Morgan fingerprint density at radius 1 is 1.28 bits per heavy atom. The Bertz CT molecular complexity index is 490. The second-order valence-corrected chi connectivity index (χ2v) is 4.31. The molecule has 0 fully saturated rings. The monoisotopic (exact) mass is 247 g/mol. The summed E-state index contributed by atoms with van der Waals surface area (Å²) < 4.78 is 14.9. The van der Waals surface area contributed by atoms with Crippen LogP contribution in [0.4, 0.5) is 4.39 Å². The fraction of sp³-hybridized carbons (Fsp3) is 0.357. The molecule has 2 rings (SSSR count). The molecule has 0 saturated heterocycles. The Balaban J connectivity index is 2.24. The van der Waals surface area contributed by atoms with Crippen LogP contribution in [0.25, 0.3) is 0 Å². The van der Waals surface area contributed by atoms with E-state index in [0.29, 0.717) is 0 Å². The fourth-order valence-electron chi connectivity index (χ4n) is 2.06. The lowest BCUT2D eigenvalue weighted by atomic mass is 10.0. The van der Waals surface area contributed by atoms with Gasteiger partial charge in [0.15, 0.2) is 0 Å². The first-order valence-corrected chi connectivity index (χ1v) is 6.19. The number of halogens is 1. The quantitative estimate of drug-likeness (QED) is 0.880. The van der Waals surface area contributed by atoms with Crippen LogP contribution in [0, 0.1) is 5.82 Å². The van der Waals surface area contributed by atoms with Crippen molar-refractivity contribution in [2.75, 3.05) is 7.05 Å². The van der Waals surface area contributed by atoms with E-state index < -0.39 is 0 Å². The van der Waals surface area contributed by atoms with Crippen molar-refractivity contribution in [1.29, 1.82) is 0 Å². The van der Waals surface area contributed by atoms with E-state index in [0.717, 1.165) is 24.1 Å². The third-order valence-electron chi connectivity index (χ3n) is 2.93. The Morgan fingerprint density at radius 2 is 2.00 bits per heavy atom. The van der Waals surface area contributed by atoms with Crippen LogP contribution in [0.2, 0.25) is 0 Å². The zero-order chi connectivity index (χ0) is 13.0. The Labute approximate surface area is 107 Å². The average molecular weight is 247 g/mol. The molecule has 1 N–H and O–H groups in total. The lowest BCUT2D eigenvalue weighted by molar-refractivity contribution is 0.600. The summed E-state index contributed by atoms with van der Waals surface area (Å²) in [5.41, 5.74) is 2.13. The summed E-state index contributed by atoms with van der Waals surface area (Å²) in [5.74, 6) is -0.213. The van der Waals surface area contributed by atoms with Gasteiger partial charge in [-0.3, -0.25) is 4.68 Å². The molecule has 96 valence electrons. The van der Waals surface area contributed by atoms with Gasteiger partial charge in [-0.15, -0.1) is 0 Å². The Hall–Kier alpha value is -1.68. The van der Waals surface area contributed by atoms with Crippen molar-refractivity contribution in [3.8, 4) is 0 Å². The molecular weight excluding hydrogens is 229 g/mol. The van der Waals surface area contributed by atoms with E-state index in [1.807, 2.05) is 24.1 Å². The summed E-state index contributed by atoms with van der Waals surface area (Å²) >= 11 is 0. The van der Waals surface area contributed by atoms with Crippen LogP contribution in [0.3, 0.4) is 0 Å². The largest absolute Gasteiger partial charge is 0.309 e. The van der Waals surface area contributed by atoms with E-state index in [4.69, 9.17) is 0 Å². The molecule has 18 heavy (non-hydrogen) atoms. The lowest BCUT2D eigenvalue weighted by Crippen LogP contribution is -2.17. The van der Waals surface area contributed by atoms with E-state index in [2.05, 4.69) is 17.3 Å². The molecule has 0 aliphatic heterocycles. The first-order chi connectivity index (χ1) is 8.74. The summed E-state index contributed by atoms with van der Waals surface area (Å²) in [5, 5.41) is 7.55. The molecule has 3 nitrogen and oxygen atoms in total. The van der Waals surface area contributed by atoms with Gasteiger partial charge in [-0.2, -0.15) is 5.10 Å². The van der Waals surface area contributed by atoms with Crippen molar-refractivity contribution < 1.29 is 4.39 Å². The molecule has 1 atom stereocenters. The van der Waals surface area contributed by atoms with E-state index in [1.54, 1.807) is 12.1 Å². The lowest BCUT2D eigenvalue weighted by Gasteiger charge is -2.14. The highest BCUT2D eigenvalue weighted by Gasteiger charge is 2.13. The number of benzene rings is 1. The highest BCUT2D eigenvalue weighted by molar-refractivity contribution is 5.29. The smallest absolute Gasteiger partial charge is 0.123 e. The molecule has 1 aromatic carbocycles. The number of nitrogens with zero attached hydrogens (tertiary/aromatic N) is 2. The van der Waals surface area contributed by atoms with Crippen molar-refractivity contribution in [1.82, 2.24) is 15.1 Å². The van der Waals surface area contributed by atoms with Crippen LogP contribution in [0.1, 0.15) is 30.5 Å². The van der Waals surface area contributed by atoms with Crippen LogP contribution in [-0.4, -0.2) is 16.8 Å². The highest BCUT2D eigenvalue weighted by atomic mass is 19.1. The molecule has 1 aromatic heterocycles. The minimum absolute atomic E-state index is 0.0520. The van der Waals surface area contributed by atoms with Gasteiger partial charge in [0, 0.05) is 18.3 Å². The minimum atomic E-state index is -0.213. The predicted octanol–water partition coefficient (Wildman–Crippen LogP) is 2.74. The topological polar surface area (TPSA) is 29.9 Å². The summed E-state index contributed by atoms with van der Waals surface area (Å²) in [4.78, 5) is 0. The molecule has 2 aromatic rings. The minimum Gasteiger partial charge on any atom is -0.309 e. The van der Waals surface area contributed by atoms with Gasteiger partial charge >= 0.3 is 0 Å². The second-order valence-electron chi connectivity index (χ2n) is 4.31. The highest BCUT2D eigenvalue weighted by Crippen LogP contribution is 2.21. The summed E-state index contributed by atoms with van der Waals surface area (Å²) in [6, 6.07) is 6.62. The van der Waals surface area contributed by atoms with Gasteiger partial charge in [-0.05, 0) is 31.2 Å². The zero-order valence-corrected chi connectivity index (χ0v) is 10.7. The van der Waals surface area contributed by atoms with E-state index >= 15 is 0 Å². The van der Waals surface area contributed by atoms with Crippen molar-refractivity contribution in [3.63, 3.8) is 0 Å². The first kappa shape index (κ1) is 12.8. The first-order valence-electron chi connectivity index (χ1n) is 6.19. The molecule has 4 heteroatoms. The number of aromatic nitrogens is 2. The molecule has 0 aliphatic rings. The van der Waals surface area contributed by atoms with Crippen molar-refractivity contribution in [2.24, 2.45) is 0 Å². The molecule has 0 spiro atoms. The maximum Gasteiger partial charge on any atom is 0.123 e. The zero-order valence-electron chi connectivity index (χ0n) is 10.7. The SMILES string of the molecule is CCCn1cc(C(NC)c2ccc(F)cc2)cn1. The number of nitrogens with one attached hydrogen (secondary N) is 1. The molecule has 0 radical (unpaired) electrons. The van der Waals surface area contributed by atoms with Gasteiger partial charge < -0.3 is 5.32 Å². The molecule has 0 amide bonds. The molecule has 1 heterocycles. The molecule has 0 aliphatic carbocycles. The van der Waals surface area contributed by atoms with Crippen molar-refractivity contribution in [3.05, 3.63) is 53.6 Å². The molecular formula is C14H18FN3. The average Bonchev–Trinajstić information content (AvgIpc) is 2.82. The normalized spacial score (nSPS) is 12.6. The maximum atomic E-state index is 12.9. The predicted molar refractivity (Wildman–Crippen MR) is 69.8 cm³/mol. The van der Waals surface area contributed by atoms with Gasteiger partial charge in [0.2, 0.25) is 0 Å². The summed E-state index contributed by atoms with van der Waals surface area (Å²) in [7, 11) is 1.89. The van der Waals surface area contributed by atoms with E-state index in [-0.39, 0.29) is 11.9 Å². The third-order valence-corrected chi connectivity index (χ3v) is 2.93. The molecule has 1 unspecified atom stereocenters. The van der Waals surface area contributed by atoms with Crippen molar-refractivity contribution in [2.45, 2.75) is 25.9 Å². The van der Waals surface area contributed by atoms with Gasteiger partial charge in [0.25, 0.3) is 0 Å². The summed E-state index contributed by atoms with van der Waals surface area (Å²) in [6.07, 6.45) is 4.95. The third kappa shape index (κ3) is 2.76. The Kier molecular flexibility index (Phi) is 4.10. The molecule has 0 bridgehead atoms. The fourth-order valence-corrected chi connectivity index (χ4v) is 2.06. The molecule has 0 saturated carbocycles. The number of aryl methyl sites for hydroxylation is 1. The Morgan fingerprint density at radius 3 is 2.61 bits per heavy atom. The standard InChI is InChI=1S/C14H18FN3/c1-3-8-18-10-12(9-17-18)14(16-2)11-4-6-13(15)7-5-11/h4-7,9-10,14,16H,3,8H2,1-2H3. The van der Waals surface area contributed by atoms with Crippen LogP contribution in [0.5, 0.6) is 0 Å². The van der Waals surface area contributed by atoms with Gasteiger partial charge in [-0.1, -0.05) is 19.1 Å². The van der Waals surface area contributed by atoms with Crippen LogP contribution in [0.15, 0.2) is 36.7 Å². The van der Waals surface area contributed by atoms with Crippen LogP contribution in [-0.2, 0) is 6.54 Å². The van der Waals surface area contributed by atoms with Gasteiger partial charge in [0.05, 0.1) is 12.2 Å². The summed E-state index contributed by atoms with van der Waals surface area (Å²) in [6.45, 7) is 3.04. The second kappa shape index (κ2) is 5.78. The number of rotatable bonds is 5. The van der Waals surface area contributed by atoms with Gasteiger partial charge in [0.1, 0.15) is 5.82 Å². The number of hydrogen-bond donors (Lipinski definition) is 1. The number of hydrogen-bond acceptors (Lipinski definition) is 2. The maximum absolute atomic E-state index is 12.9. The van der Waals surface area contributed by atoms with Gasteiger partial charge in [-0.25, -0.2) is 4.39 Å². The van der Waals surface area contributed by atoms with Crippen molar-refractivity contribution >= 4 is 0 Å². The van der Waals surface area contributed by atoms with E-state index in [9.17, 15) is 4.39 Å². The van der Waals surface area contributed by atoms with Crippen LogP contribution < -0.4 is 5.32 Å². The van der Waals surface area contributed by atoms with E-state index in [1.165, 1.54) is 12.1 Å². The van der Waals surface area contributed by atoms with Crippen LogP contribution >= 0.6 is 0 Å².